The van der Waals surface area contributed by atoms with Crippen LogP contribution < -0.4 is 10.5 Å². The maximum atomic E-state index is 9.06. The number of nitrogens with two attached hydrogens (primary N) is 1. The quantitative estimate of drug-likeness (QED) is 0.814. The number of nitriles is 1. The first-order chi connectivity index (χ1) is 8.61. The van der Waals surface area contributed by atoms with Gasteiger partial charge in [-0.15, -0.1) is 0 Å². The average Bonchev–Trinajstić information content (AvgIpc) is 2.35. The van der Waals surface area contributed by atoms with Gasteiger partial charge in [-0.1, -0.05) is 12.1 Å². The molecule has 0 aliphatic carbocycles. The lowest BCUT2D eigenvalue weighted by atomic mass is 10.1. The SMILES string of the molecule is Cc1ccc(C#N)c(Oc2cccc(N)c2C)c1. The number of hydrogen-bond acceptors (Lipinski definition) is 3. The van der Waals surface area contributed by atoms with E-state index in [-0.39, 0.29) is 0 Å². The zero-order chi connectivity index (χ0) is 13.1. The van der Waals surface area contributed by atoms with Gasteiger partial charge in [-0.05, 0) is 43.7 Å². The number of anilines is 1. The number of benzene rings is 2. The Labute approximate surface area is 106 Å². The topological polar surface area (TPSA) is 59.0 Å². The van der Waals surface area contributed by atoms with Crippen molar-refractivity contribution < 1.29 is 4.74 Å². The molecule has 0 amide bonds. The second kappa shape index (κ2) is 4.80. The van der Waals surface area contributed by atoms with Gasteiger partial charge < -0.3 is 10.5 Å². The molecule has 0 radical (unpaired) electrons. The van der Waals surface area contributed by atoms with Crippen molar-refractivity contribution in [1.82, 2.24) is 0 Å². The molecule has 0 aliphatic rings. The first-order valence-electron chi connectivity index (χ1n) is 5.65. The molecule has 90 valence electrons. The summed E-state index contributed by atoms with van der Waals surface area (Å²) in [4.78, 5) is 0. The predicted octanol–water partition coefficient (Wildman–Crippen LogP) is 3.55. The lowest BCUT2D eigenvalue weighted by molar-refractivity contribution is 0.477. The minimum atomic E-state index is 0.516. The molecule has 3 heteroatoms. The minimum Gasteiger partial charge on any atom is -0.456 e. The number of aryl methyl sites for hydroxylation is 1. The fraction of sp³-hybridized carbons (Fsp3) is 0.133. The summed E-state index contributed by atoms with van der Waals surface area (Å²) >= 11 is 0. The molecule has 3 nitrogen and oxygen atoms in total. The minimum absolute atomic E-state index is 0.516. The highest BCUT2D eigenvalue weighted by molar-refractivity contribution is 5.55. The van der Waals surface area contributed by atoms with E-state index in [1.165, 1.54) is 0 Å². The molecule has 0 aromatic heterocycles. The van der Waals surface area contributed by atoms with Gasteiger partial charge in [-0.3, -0.25) is 0 Å². The average molecular weight is 238 g/mol. The summed E-state index contributed by atoms with van der Waals surface area (Å²) in [6.07, 6.45) is 0. The molecule has 0 saturated heterocycles. The van der Waals surface area contributed by atoms with Gasteiger partial charge in [0.15, 0.2) is 0 Å². The molecule has 2 rings (SSSR count). The lowest BCUT2D eigenvalue weighted by Crippen LogP contribution is -1.95. The van der Waals surface area contributed by atoms with Crippen LogP contribution in [-0.4, -0.2) is 0 Å². The number of nitrogens with zero attached hydrogens (tertiary/aromatic N) is 1. The summed E-state index contributed by atoms with van der Waals surface area (Å²) < 4.78 is 5.79. The van der Waals surface area contributed by atoms with Crippen molar-refractivity contribution >= 4 is 5.69 Å². The van der Waals surface area contributed by atoms with Crippen LogP contribution in [0.25, 0.3) is 0 Å². The summed E-state index contributed by atoms with van der Waals surface area (Å²) in [6.45, 7) is 3.85. The summed E-state index contributed by atoms with van der Waals surface area (Å²) in [5.74, 6) is 1.24. The molecule has 0 unspecified atom stereocenters. The van der Waals surface area contributed by atoms with Crippen LogP contribution in [0.3, 0.4) is 0 Å². The van der Waals surface area contributed by atoms with Crippen LogP contribution in [0.1, 0.15) is 16.7 Å². The molecule has 2 N–H and O–H groups in total. The first kappa shape index (κ1) is 12.0. The third-order valence-corrected chi connectivity index (χ3v) is 2.80. The second-order valence-corrected chi connectivity index (χ2v) is 4.18. The van der Waals surface area contributed by atoms with Gasteiger partial charge in [0.05, 0.1) is 5.56 Å². The van der Waals surface area contributed by atoms with E-state index >= 15 is 0 Å². The molecule has 0 spiro atoms. The molecule has 2 aromatic rings. The highest BCUT2D eigenvalue weighted by atomic mass is 16.5. The van der Waals surface area contributed by atoms with Gasteiger partial charge in [0, 0.05) is 11.3 Å². The maximum Gasteiger partial charge on any atom is 0.145 e. The highest BCUT2D eigenvalue weighted by Gasteiger charge is 2.08. The van der Waals surface area contributed by atoms with Crippen LogP contribution in [0, 0.1) is 25.2 Å². The van der Waals surface area contributed by atoms with Crippen LogP contribution in [0.4, 0.5) is 5.69 Å². The fourth-order valence-electron chi connectivity index (χ4n) is 1.67. The van der Waals surface area contributed by atoms with Crippen LogP contribution in [0.15, 0.2) is 36.4 Å². The zero-order valence-electron chi connectivity index (χ0n) is 10.4. The van der Waals surface area contributed by atoms with Gasteiger partial charge >= 0.3 is 0 Å². The third-order valence-electron chi connectivity index (χ3n) is 2.80. The Morgan fingerprint density at radius 1 is 1.11 bits per heavy atom. The highest BCUT2D eigenvalue weighted by Crippen LogP contribution is 2.30. The zero-order valence-corrected chi connectivity index (χ0v) is 10.4. The Kier molecular flexibility index (Phi) is 3.20. The van der Waals surface area contributed by atoms with Crippen molar-refractivity contribution in [3.63, 3.8) is 0 Å². The lowest BCUT2D eigenvalue weighted by Gasteiger charge is -2.11. The Hall–Kier alpha value is -2.47. The monoisotopic (exact) mass is 238 g/mol. The molecule has 18 heavy (non-hydrogen) atoms. The number of nitrogen functional groups attached to an aromatic ring is 1. The Morgan fingerprint density at radius 3 is 2.61 bits per heavy atom. The van der Waals surface area contributed by atoms with Crippen LogP contribution in [-0.2, 0) is 0 Å². The normalized spacial score (nSPS) is 9.83. The van der Waals surface area contributed by atoms with Gasteiger partial charge in [0.2, 0.25) is 0 Å². The van der Waals surface area contributed by atoms with Crippen molar-refractivity contribution in [2.24, 2.45) is 0 Å². The molecule has 0 saturated carbocycles. The van der Waals surface area contributed by atoms with E-state index in [2.05, 4.69) is 6.07 Å². The van der Waals surface area contributed by atoms with Crippen molar-refractivity contribution in [3.8, 4) is 17.6 Å². The van der Waals surface area contributed by atoms with Crippen molar-refractivity contribution in [2.75, 3.05) is 5.73 Å². The van der Waals surface area contributed by atoms with E-state index in [1.54, 1.807) is 6.07 Å². The smallest absolute Gasteiger partial charge is 0.145 e. The summed E-state index contributed by atoms with van der Waals surface area (Å²) in [5.41, 5.74) is 8.95. The number of ether oxygens (including phenoxy) is 1. The third kappa shape index (κ3) is 2.28. The van der Waals surface area contributed by atoms with Crippen molar-refractivity contribution in [2.45, 2.75) is 13.8 Å². The van der Waals surface area contributed by atoms with E-state index in [0.29, 0.717) is 22.7 Å². The van der Waals surface area contributed by atoms with Crippen molar-refractivity contribution in [3.05, 3.63) is 53.1 Å². The Morgan fingerprint density at radius 2 is 1.89 bits per heavy atom. The second-order valence-electron chi connectivity index (χ2n) is 4.18. The predicted molar refractivity (Wildman–Crippen MR) is 71.6 cm³/mol. The van der Waals surface area contributed by atoms with Gasteiger partial charge in [-0.2, -0.15) is 5.26 Å². The molecule has 2 aromatic carbocycles. The summed E-state index contributed by atoms with van der Waals surface area (Å²) in [5, 5.41) is 9.06. The number of hydrogen-bond donors (Lipinski definition) is 1. The maximum absolute atomic E-state index is 9.06. The van der Waals surface area contributed by atoms with Crippen molar-refractivity contribution in [1.29, 1.82) is 5.26 Å². The van der Waals surface area contributed by atoms with Crippen LogP contribution in [0.2, 0.25) is 0 Å². The van der Waals surface area contributed by atoms with Crippen LogP contribution in [0.5, 0.6) is 11.5 Å². The van der Waals surface area contributed by atoms with E-state index in [4.69, 9.17) is 15.7 Å². The molecular weight excluding hydrogens is 224 g/mol. The molecular formula is C15H14N2O. The summed E-state index contributed by atoms with van der Waals surface area (Å²) in [6, 6.07) is 13.1. The molecule has 0 bridgehead atoms. The largest absolute Gasteiger partial charge is 0.456 e. The fourth-order valence-corrected chi connectivity index (χ4v) is 1.67. The van der Waals surface area contributed by atoms with E-state index < -0.39 is 0 Å². The van der Waals surface area contributed by atoms with E-state index in [1.807, 2.05) is 44.2 Å². The number of rotatable bonds is 2. The Bertz CT molecular complexity index is 627. The van der Waals surface area contributed by atoms with Gasteiger partial charge in [-0.25, -0.2) is 0 Å². The standard InChI is InChI=1S/C15H14N2O/c1-10-6-7-12(9-16)15(8-10)18-14-5-3-4-13(17)11(14)2/h3-8H,17H2,1-2H3. The van der Waals surface area contributed by atoms with Crippen LogP contribution >= 0.6 is 0 Å². The van der Waals surface area contributed by atoms with E-state index in [0.717, 1.165) is 11.1 Å². The van der Waals surface area contributed by atoms with E-state index in [9.17, 15) is 0 Å². The van der Waals surface area contributed by atoms with Gasteiger partial charge in [0.25, 0.3) is 0 Å². The first-order valence-corrected chi connectivity index (χ1v) is 5.65. The van der Waals surface area contributed by atoms with Gasteiger partial charge in [0.1, 0.15) is 17.6 Å². The summed E-state index contributed by atoms with van der Waals surface area (Å²) in [7, 11) is 0. The molecule has 0 atom stereocenters. The molecule has 0 aliphatic heterocycles. The molecule has 0 fully saturated rings. The molecule has 0 heterocycles. The Balaban J connectivity index is 2.43.